The van der Waals surface area contributed by atoms with Gasteiger partial charge in [0.1, 0.15) is 5.75 Å². The van der Waals surface area contributed by atoms with Crippen LogP contribution in [0.5, 0.6) is 5.75 Å². The molecule has 6 heteroatoms. The Hall–Kier alpha value is -1.72. The van der Waals surface area contributed by atoms with Gasteiger partial charge in [-0.25, -0.2) is 0 Å². The Morgan fingerprint density at radius 1 is 1.32 bits per heavy atom. The fourth-order valence-electron chi connectivity index (χ4n) is 3.11. The highest BCUT2D eigenvalue weighted by Gasteiger charge is 2.48. The first-order chi connectivity index (χ1) is 10.3. The molecule has 1 aromatic carbocycles. The Labute approximate surface area is 127 Å². The van der Waals surface area contributed by atoms with Gasteiger partial charge >= 0.3 is 6.18 Å². The van der Waals surface area contributed by atoms with Crippen molar-refractivity contribution in [1.82, 2.24) is 4.90 Å². The van der Waals surface area contributed by atoms with E-state index in [0.29, 0.717) is 18.4 Å². The Morgan fingerprint density at radius 2 is 2.00 bits per heavy atom. The highest BCUT2D eigenvalue weighted by molar-refractivity contribution is 5.79. The number of halogens is 3. The van der Waals surface area contributed by atoms with Crippen LogP contribution in [0.15, 0.2) is 24.3 Å². The quantitative estimate of drug-likeness (QED) is 0.923. The molecule has 1 saturated carbocycles. The van der Waals surface area contributed by atoms with E-state index in [0.717, 1.165) is 0 Å². The lowest BCUT2D eigenvalue weighted by Gasteiger charge is -2.34. The normalized spacial score (nSPS) is 22.4. The van der Waals surface area contributed by atoms with Crippen LogP contribution < -0.4 is 0 Å². The largest absolute Gasteiger partial charge is 0.508 e. The number of carbonyl (C=O) groups is 1. The summed E-state index contributed by atoms with van der Waals surface area (Å²) in [6, 6.07) is 6.38. The van der Waals surface area contributed by atoms with Crippen LogP contribution in [0.3, 0.4) is 0 Å². The summed E-state index contributed by atoms with van der Waals surface area (Å²) in [7, 11) is 1.51. The summed E-state index contributed by atoms with van der Waals surface area (Å²) in [4.78, 5) is 13.7. The first-order valence-electron chi connectivity index (χ1n) is 7.38. The van der Waals surface area contributed by atoms with Gasteiger partial charge in [0.25, 0.3) is 0 Å². The van der Waals surface area contributed by atoms with Gasteiger partial charge in [-0.05, 0) is 30.5 Å². The summed E-state index contributed by atoms with van der Waals surface area (Å²) >= 11 is 0. The molecule has 1 N–H and O–H groups in total. The van der Waals surface area contributed by atoms with Crippen LogP contribution in [0.1, 0.15) is 31.2 Å². The van der Waals surface area contributed by atoms with E-state index < -0.39 is 23.9 Å². The summed E-state index contributed by atoms with van der Waals surface area (Å²) in [6.45, 7) is 0.189. The molecule has 0 spiro atoms. The van der Waals surface area contributed by atoms with E-state index in [4.69, 9.17) is 0 Å². The topological polar surface area (TPSA) is 40.5 Å². The van der Waals surface area contributed by atoms with E-state index in [9.17, 15) is 23.1 Å². The second-order valence-corrected chi connectivity index (χ2v) is 5.90. The third-order valence-electron chi connectivity index (χ3n) is 4.21. The van der Waals surface area contributed by atoms with Crippen molar-refractivity contribution < 1.29 is 23.1 Å². The van der Waals surface area contributed by atoms with Crippen molar-refractivity contribution in [2.24, 2.45) is 11.8 Å². The van der Waals surface area contributed by atoms with Crippen molar-refractivity contribution in [2.45, 2.75) is 38.4 Å². The van der Waals surface area contributed by atoms with Crippen molar-refractivity contribution >= 4 is 5.91 Å². The fraction of sp³-hybridized carbons (Fsp3) is 0.562. The second-order valence-electron chi connectivity index (χ2n) is 5.90. The maximum Gasteiger partial charge on any atom is 0.392 e. The van der Waals surface area contributed by atoms with E-state index >= 15 is 0 Å². The van der Waals surface area contributed by atoms with E-state index in [1.54, 1.807) is 12.1 Å². The number of phenols is 1. The highest BCUT2D eigenvalue weighted by Crippen LogP contribution is 2.42. The van der Waals surface area contributed by atoms with E-state index in [2.05, 4.69) is 0 Å². The molecule has 122 valence electrons. The fourth-order valence-corrected chi connectivity index (χ4v) is 3.11. The van der Waals surface area contributed by atoms with Gasteiger partial charge in [0.05, 0.1) is 5.92 Å². The number of aromatic hydroxyl groups is 1. The molecule has 1 aliphatic rings. The smallest absolute Gasteiger partial charge is 0.392 e. The van der Waals surface area contributed by atoms with Crippen LogP contribution in [0.2, 0.25) is 0 Å². The lowest BCUT2D eigenvalue weighted by atomic mass is 9.78. The van der Waals surface area contributed by atoms with Gasteiger partial charge < -0.3 is 10.0 Å². The summed E-state index contributed by atoms with van der Waals surface area (Å²) in [5.74, 6) is -2.93. The first-order valence-corrected chi connectivity index (χ1v) is 7.38. The molecule has 0 heterocycles. The Kier molecular flexibility index (Phi) is 4.98. The second kappa shape index (κ2) is 6.58. The van der Waals surface area contributed by atoms with Gasteiger partial charge in [0, 0.05) is 19.5 Å². The molecule has 2 atom stereocenters. The number of nitrogens with zero attached hydrogens (tertiary/aromatic N) is 1. The lowest BCUT2D eigenvalue weighted by molar-refractivity contribution is -0.200. The standard InChI is InChI=1S/C16H20F3NO2/c1-20(10-11-5-4-6-12(21)9-11)15(22)13-7-2-3-8-14(13)16(17,18)19/h4-6,9,13-14,21H,2-3,7-8,10H2,1H3/t13-,14-/m1/s1. The van der Waals surface area contributed by atoms with Gasteiger partial charge in [0.15, 0.2) is 0 Å². The van der Waals surface area contributed by atoms with Crippen molar-refractivity contribution in [3.05, 3.63) is 29.8 Å². The average molecular weight is 315 g/mol. The molecule has 1 amide bonds. The number of alkyl halides is 3. The molecule has 1 fully saturated rings. The Balaban J connectivity index is 2.08. The maximum absolute atomic E-state index is 13.1. The number of phenolic OH excluding ortho intramolecular Hbond substituents is 1. The number of hydrogen-bond donors (Lipinski definition) is 1. The summed E-state index contributed by atoms with van der Waals surface area (Å²) in [5.41, 5.74) is 0.690. The molecular formula is C16H20F3NO2. The van der Waals surface area contributed by atoms with Gasteiger partial charge in [-0.1, -0.05) is 25.0 Å². The van der Waals surface area contributed by atoms with Crippen molar-refractivity contribution in [3.8, 4) is 5.75 Å². The zero-order chi connectivity index (χ0) is 16.3. The number of hydrogen-bond acceptors (Lipinski definition) is 2. The molecule has 0 aromatic heterocycles. The van der Waals surface area contributed by atoms with Gasteiger partial charge in [0.2, 0.25) is 5.91 Å². The highest BCUT2D eigenvalue weighted by atomic mass is 19.4. The average Bonchev–Trinajstić information content (AvgIpc) is 2.45. The molecule has 0 radical (unpaired) electrons. The number of carbonyl (C=O) groups excluding carboxylic acids is 1. The molecule has 2 rings (SSSR count). The molecular weight excluding hydrogens is 295 g/mol. The van der Waals surface area contributed by atoms with Gasteiger partial charge in [-0.2, -0.15) is 13.2 Å². The summed E-state index contributed by atoms with van der Waals surface area (Å²) < 4.78 is 39.3. The minimum Gasteiger partial charge on any atom is -0.508 e. The first kappa shape index (κ1) is 16.6. The van der Waals surface area contributed by atoms with Crippen molar-refractivity contribution in [2.75, 3.05) is 7.05 Å². The Bertz CT molecular complexity index is 530. The zero-order valence-electron chi connectivity index (χ0n) is 12.4. The van der Waals surface area contributed by atoms with Crippen LogP contribution >= 0.6 is 0 Å². The number of rotatable bonds is 3. The third kappa shape index (κ3) is 3.93. The number of amides is 1. The van der Waals surface area contributed by atoms with Crippen LogP contribution in [-0.2, 0) is 11.3 Å². The maximum atomic E-state index is 13.1. The molecule has 1 aromatic rings. The number of benzene rings is 1. The molecule has 0 aliphatic heterocycles. The lowest BCUT2D eigenvalue weighted by Crippen LogP contribution is -2.43. The van der Waals surface area contributed by atoms with Crippen molar-refractivity contribution in [1.29, 1.82) is 0 Å². The molecule has 0 bridgehead atoms. The van der Waals surface area contributed by atoms with Gasteiger partial charge in [-0.15, -0.1) is 0 Å². The third-order valence-corrected chi connectivity index (χ3v) is 4.21. The monoisotopic (exact) mass is 315 g/mol. The van der Waals surface area contributed by atoms with E-state index in [1.165, 1.54) is 24.1 Å². The minimum absolute atomic E-state index is 0.0277. The van der Waals surface area contributed by atoms with E-state index in [1.807, 2.05) is 0 Å². The van der Waals surface area contributed by atoms with Gasteiger partial charge in [-0.3, -0.25) is 4.79 Å². The molecule has 1 aliphatic carbocycles. The van der Waals surface area contributed by atoms with Crippen molar-refractivity contribution in [3.63, 3.8) is 0 Å². The molecule has 0 saturated heterocycles. The van der Waals surface area contributed by atoms with Crippen LogP contribution in [0.4, 0.5) is 13.2 Å². The van der Waals surface area contributed by atoms with Crippen LogP contribution in [0.25, 0.3) is 0 Å². The van der Waals surface area contributed by atoms with Crippen LogP contribution in [-0.4, -0.2) is 29.1 Å². The summed E-state index contributed by atoms with van der Waals surface area (Å²) in [6.07, 6.45) is -2.84. The molecule has 3 nitrogen and oxygen atoms in total. The predicted molar refractivity (Wildman–Crippen MR) is 76.1 cm³/mol. The zero-order valence-corrected chi connectivity index (χ0v) is 12.4. The Morgan fingerprint density at radius 3 is 2.64 bits per heavy atom. The summed E-state index contributed by atoms with van der Waals surface area (Å²) in [5, 5.41) is 9.41. The van der Waals surface area contributed by atoms with Crippen LogP contribution in [0, 0.1) is 11.8 Å². The predicted octanol–water partition coefficient (Wildman–Crippen LogP) is 3.72. The molecule has 22 heavy (non-hydrogen) atoms. The minimum atomic E-state index is -4.33. The SMILES string of the molecule is CN(Cc1cccc(O)c1)C(=O)[C@@H]1CCCC[C@H]1C(F)(F)F. The molecule has 0 unspecified atom stereocenters. The van der Waals surface area contributed by atoms with E-state index in [-0.39, 0.29) is 25.1 Å².